The molecule has 0 saturated carbocycles. The van der Waals surface area contributed by atoms with Gasteiger partial charge in [0.1, 0.15) is 0 Å². The van der Waals surface area contributed by atoms with Crippen molar-refractivity contribution in [2.45, 2.75) is 32.6 Å². The molecule has 0 aliphatic heterocycles. The second-order valence-electron chi connectivity index (χ2n) is 4.70. The molecule has 0 bridgehead atoms. The van der Waals surface area contributed by atoms with Gasteiger partial charge in [-0.2, -0.15) is 0 Å². The maximum absolute atomic E-state index is 12.0. The van der Waals surface area contributed by atoms with Crippen molar-refractivity contribution >= 4 is 9.84 Å². The summed E-state index contributed by atoms with van der Waals surface area (Å²) < 4.78 is 24.1. The topological polar surface area (TPSA) is 34.1 Å². The van der Waals surface area contributed by atoms with Crippen LogP contribution in [0.3, 0.4) is 0 Å². The summed E-state index contributed by atoms with van der Waals surface area (Å²) >= 11 is 0. The van der Waals surface area contributed by atoms with Crippen molar-refractivity contribution in [1.29, 1.82) is 0 Å². The summed E-state index contributed by atoms with van der Waals surface area (Å²) in [5.41, 5.74) is 2.18. The standard InChI is InChI=1S/C14H20O2S/c1-11(2)13(4)9-10-17(15,16)14-7-5-12(3)6-8-14/h5-9,11H,10H2,1-4H3/b13-9-. The number of hydrogen-bond donors (Lipinski definition) is 0. The highest BCUT2D eigenvalue weighted by Crippen LogP contribution is 2.14. The molecule has 94 valence electrons. The van der Waals surface area contributed by atoms with Gasteiger partial charge in [0, 0.05) is 0 Å². The molecule has 1 aromatic rings. The van der Waals surface area contributed by atoms with Crippen molar-refractivity contribution in [2.75, 3.05) is 5.75 Å². The molecule has 1 aromatic carbocycles. The second kappa shape index (κ2) is 5.50. The Morgan fingerprint density at radius 1 is 1.24 bits per heavy atom. The predicted molar refractivity (Wildman–Crippen MR) is 71.8 cm³/mol. The molecule has 0 fully saturated rings. The van der Waals surface area contributed by atoms with E-state index in [2.05, 4.69) is 13.8 Å². The number of hydrogen-bond acceptors (Lipinski definition) is 2. The minimum absolute atomic E-state index is 0.0834. The smallest absolute Gasteiger partial charge is 0.181 e. The third kappa shape index (κ3) is 4.00. The third-order valence-corrected chi connectivity index (χ3v) is 4.51. The maximum atomic E-state index is 12.0. The van der Waals surface area contributed by atoms with Crippen molar-refractivity contribution in [2.24, 2.45) is 5.92 Å². The zero-order valence-electron chi connectivity index (χ0n) is 10.9. The van der Waals surface area contributed by atoms with Gasteiger partial charge in [0.15, 0.2) is 9.84 Å². The van der Waals surface area contributed by atoms with Gasteiger partial charge in [0.2, 0.25) is 0 Å². The van der Waals surface area contributed by atoms with Gasteiger partial charge in [-0.15, -0.1) is 0 Å². The van der Waals surface area contributed by atoms with Crippen LogP contribution in [0.5, 0.6) is 0 Å². The molecule has 0 heterocycles. The summed E-state index contributed by atoms with van der Waals surface area (Å²) in [6.07, 6.45) is 1.81. The molecule has 0 aliphatic carbocycles. The zero-order chi connectivity index (χ0) is 13.1. The molecule has 0 N–H and O–H groups in total. The lowest BCUT2D eigenvalue weighted by atomic mass is 10.1. The lowest BCUT2D eigenvalue weighted by Gasteiger charge is -2.06. The number of allylic oxidation sites excluding steroid dienone is 1. The average Bonchev–Trinajstić information content (AvgIpc) is 2.26. The Bertz CT molecular complexity index is 494. The van der Waals surface area contributed by atoms with Gasteiger partial charge in [0.05, 0.1) is 10.6 Å². The Kier molecular flexibility index (Phi) is 4.52. The first-order valence-electron chi connectivity index (χ1n) is 5.79. The highest BCUT2D eigenvalue weighted by Gasteiger charge is 2.12. The Hall–Kier alpha value is -1.09. The minimum atomic E-state index is -3.18. The molecule has 3 heteroatoms. The van der Waals surface area contributed by atoms with Crippen molar-refractivity contribution in [3.63, 3.8) is 0 Å². The fraction of sp³-hybridized carbons (Fsp3) is 0.429. The first-order valence-corrected chi connectivity index (χ1v) is 7.44. The largest absolute Gasteiger partial charge is 0.223 e. The van der Waals surface area contributed by atoms with Crippen LogP contribution < -0.4 is 0 Å². The summed E-state index contributed by atoms with van der Waals surface area (Å²) in [5.74, 6) is 0.475. The van der Waals surface area contributed by atoms with Crippen LogP contribution >= 0.6 is 0 Å². The lowest BCUT2D eigenvalue weighted by Crippen LogP contribution is -2.06. The Balaban J connectivity index is 2.90. The lowest BCUT2D eigenvalue weighted by molar-refractivity contribution is 0.598. The highest BCUT2D eigenvalue weighted by atomic mass is 32.2. The molecule has 0 radical (unpaired) electrons. The molecular weight excluding hydrogens is 232 g/mol. The van der Waals surface area contributed by atoms with Gasteiger partial charge in [-0.3, -0.25) is 0 Å². The Morgan fingerprint density at radius 2 is 1.76 bits per heavy atom. The average molecular weight is 252 g/mol. The Morgan fingerprint density at radius 3 is 2.24 bits per heavy atom. The normalized spacial score (nSPS) is 13.1. The first kappa shape index (κ1) is 14.0. The van der Waals surface area contributed by atoms with E-state index in [1.165, 1.54) is 0 Å². The summed E-state index contributed by atoms with van der Waals surface area (Å²) in [5, 5.41) is 0. The van der Waals surface area contributed by atoms with E-state index in [4.69, 9.17) is 0 Å². The molecule has 0 amide bonds. The molecule has 0 spiro atoms. The van der Waals surface area contributed by atoms with Gasteiger partial charge in [-0.05, 0) is 31.9 Å². The van der Waals surface area contributed by atoms with Crippen LogP contribution in [0.4, 0.5) is 0 Å². The van der Waals surface area contributed by atoms with Crippen LogP contribution in [0.2, 0.25) is 0 Å². The SMILES string of the molecule is C/C(=C/CS(=O)(=O)c1ccc(C)cc1)C(C)C. The molecule has 0 aliphatic rings. The molecule has 1 rings (SSSR count). The number of rotatable bonds is 4. The fourth-order valence-corrected chi connectivity index (χ4v) is 2.54. The monoisotopic (exact) mass is 252 g/mol. The summed E-state index contributed by atoms with van der Waals surface area (Å²) in [6, 6.07) is 6.99. The fourth-order valence-electron chi connectivity index (χ4n) is 1.32. The van der Waals surface area contributed by atoms with E-state index in [0.717, 1.165) is 11.1 Å². The van der Waals surface area contributed by atoms with E-state index in [1.807, 2.05) is 26.0 Å². The third-order valence-electron chi connectivity index (χ3n) is 2.92. The predicted octanol–water partition coefficient (Wildman–Crippen LogP) is 3.37. The Labute approximate surface area is 104 Å². The van der Waals surface area contributed by atoms with E-state index in [1.54, 1.807) is 18.2 Å². The van der Waals surface area contributed by atoms with Crippen molar-refractivity contribution in [3.05, 3.63) is 41.5 Å². The van der Waals surface area contributed by atoms with Crippen molar-refractivity contribution in [3.8, 4) is 0 Å². The van der Waals surface area contributed by atoms with Gasteiger partial charge < -0.3 is 0 Å². The minimum Gasteiger partial charge on any atom is -0.223 e. The summed E-state index contributed by atoms with van der Waals surface area (Å²) in [6.45, 7) is 8.03. The van der Waals surface area contributed by atoms with Crippen molar-refractivity contribution in [1.82, 2.24) is 0 Å². The van der Waals surface area contributed by atoms with Gasteiger partial charge >= 0.3 is 0 Å². The molecule has 2 nitrogen and oxygen atoms in total. The number of sulfone groups is 1. The maximum Gasteiger partial charge on any atom is 0.181 e. The van der Waals surface area contributed by atoms with E-state index >= 15 is 0 Å². The molecule has 0 aromatic heterocycles. The van der Waals surface area contributed by atoms with Gasteiger partial charge in [0.25, 0.3) is 0 Å². The number of benzene rings is 1. The van der Waals surface area contributed by atoms with Crippen LogP contribution in [-0.2, 0) is 9.84 Å². The van der Waals surface area contributed by atoms with Crippen LogP contribution in [0.15, 0.2) is 40.8 Å². The first-order chi connectivity index (χ1) is 7.83. The van der Waals surface area contributed by atoms with E-state index in [0.29, 0.717) is 10.8 Å². The second-order valence-corrected chi connectivity index (χ2v) is 6.73. The van der Waals surface area contributed by atoms with Crippen LogP contribution in [0.1, 0.15) is 26.3 Å². The van der Waals surface area contributed by atoms with Crippen molar-refractivity contribution < 1.29 is 8.42 Å². The zero-order valence-corrected chi connectivity index (χ0v) is 11.7. The van der Waals surface area contributed by atoms with Gasteiger partial charge in [-0.1, -0.05) is 43.2 Å². The van der Waals surface area contributed by atoms with Crippen LogP contribution in [0, 0.1) is 12.8 Å². The molecular formula is C14H20O2S. The number of aryl methyl sites for hydroxylation is 1. The van der Waals surface area contributed by atoms with Gasteiger partial charge in [-0.25, -0.2) is 8.42 Å². The van der Waals surface area contributed by atoms with E-state index in [9.17, 15) is 8.42 Å². The van der Waals surface area contributed by atoms with E-state index in [-0.39, 0.29) is 5.75 Å². The van der Waals surface area contributed by atoms with E-state index < -0.39 is 9.84 Å². The molecule has 0 unspecified atom stereocenters. The molecule has 0 saturated heterocycles. The summed E-state index contributed by atoms with van der Waals surface area (Å²) in [7, 11) is -3.18. The quantitative estimate of drug-likeness (QED) is 0.770. The molecule has 0 atom stereocenters. The van der Waals surface area contributed by atoms with Crippen LogP contribution in [0.25, 0.3) is 0 Å². The summed E-state index contributed by atoms with van der Waals surface area (Å²) in [4.78, 5) is 0.399. The molecule has 17 heavy (non-hydrogen) atoms. The highest BCUT2D eigenvalue weighted by molar-refractivity contribution is 7.91. The van der Waals surface area contributed by atoms with Crippen LogP contribution in [-0.4, -0.2) is 14.2 Å².